The third-order valence-electron chi connectivity index (χ3n) is 1.30. The molecule has 3 N–H and O–H groups in total. The van der Waals surface area contributed by atoms with E-state index >= 15 is 0 Å². The minimum Gasteiger partial charge on any atom is -0.348 e. The van der Waals surface area contributed by atoms with Gasteiger partial charge in [-0.2, -0.15) is 0 Å². The molecule has 1 amide bonds. The van der Waals surface area contributed by atoms with Crippen molar-refractivity contribution in [2.24, 2.45) is 0 Å². The summed E-state index contributed by atoms with van der Waals surface area (Å²) in [7, 11) is 0. The fourth-order valence-corrected chi connectivity index (χ4v) is 0.726. The average molecular weight is 155 g/mol. The summed E-state index contributed by atoms with van der Waals surface area (Å²) >= 11 is 0. The monoisotopic (exact) mass is 155 g/mol. The lowest BCUT2D eigenvalue weighted by atomic mass is 10.2. The van der Waals surface area contributed by atoms with E-state index in [0.717, 1.165) is 5.69 Å². The van der Waals surface area contributed by atoms with Crippen LogP contribution in [0.5, 0.6) is 0 Å². The summed E-state index contributed by atoms with van der Waals surface area (Å²) < 4.78 is 0. The van der Waals surface area contributed by atoms with E-state index in [1.807, 2.05) is 0 Å². The Kier molecular flexibility index (Phi) is 2.62. The molecule has 60 valence electrons. The number of nitrogens with one attached hydrogen (secondary N) is 2. The van der Waals surface area contributed by atoms with Crippen molar-refractivity contribution >= 4 is 5.91 Å². The molecule has 5 nitrogen and oxygen atoms in total. The number of H-pyrrole nitrogens is 1. The first-order valence-electron chi connectivity index (χ1n) is 3.23. The molecule has 0 aliphatic heterocycles. The number of carbonyl (C=O) groups is 1. The fourth-order valence-electron chi connectivity index (χ4n) is 0.726. The third kappa shape index (κ3) is 2.38. The largest absolute Gasteiger partial charge is 0.348 e. The van der Waals surface area contributed by atoms with Crippen molar-refractivity contribution in [2.45, 2.75) is 12.8 Å². The number of carbonyl (C=O) groups excluding carboxylic acids is 1. The van der Waals surface area contributed by atoms with Gasteiger partial charge in [-0.3, -0.25) is 10.0 Å². The van der Waals surface area contributed by atoms with Crippen molar-refractivity contribution in [2.75, 3.05) is 0 Å². The maximum absolute atomic E-state index is 10.5. The molecule has 1 aromatic heterocycles. The molecule has 0 unspecified atom stereocenters. The molecular formula is C6H9N3O2. The second-order valence-corrected chi connectivity index (χ2v) is 2.11. The van der Waals surface area contributed by atoms with Gasteiger partial charge in [0.05, 0.1) is 6.33 Å². The highest BCUT2D eigenvalue weighted by Gasteiger charge is 1.99. The minimum absolute atomic E-state index is 0.263. The fraction of sp³-hybridized carbons (Fsp3) is 0.333. The normalized spacial score (nSPS) is 9.55. The lowest BCUT2D eigenvalue weighted by Gasteiger charge is -1.94. The summed E-state index contributed by atoms with van der Waals surface area (Å²) in [5.41, 5.74) is 2.44. The second-order valence-electron chi connectivity index (χ2n) is 2.11. The first-order chi connectivity index (χ1) is 5.33. The molecule has 0 bridgehead atoms. The first kappa shape index (κ1) is 7.74. The zero-order valence-corrected chi connectivity index (χ0v) is 5.87. The number of nitrogens with zero attached hydrogens (tertiary/aromatic N) is 1. The summed E-state index contributed by atoms with van der Waals surface area (Å²) in [4.78, 5) is 17.1. The van der Waals surface area contributed by atoms with E-state index in [1.165, 1.54) is 0 Å². The summed E-state index contributed by atoms with van der Waals surface area (Å²) in [6.07, 6.45) is 4.02. The van der Waals surface area contributed by atoms with Gasteiger partial charge in [0.15, 0.2) is 0 Å². The van der Waals surface area contributed by atoms with E-state index in [1.54, 1.807) is 18.0 Å². The summed E-state index contributed by atoms with van der Waals surface area (Å²) in [5, 5.41) is 8.14. The van der Waals surface area contributed by atoms with Gasteiger partial charge in [-0.15, -0.1) is 0 Å². The Balaban J connectivity index is 2.29. The molecule has 11 heavy (non-hydrogen) atoms. The number of amides is 1. The number of hydroxylamine groups is 1. The Hall–Kier alpha value is -1.36. The number of hydrogen-bond acceptors (Lipinski definition) is 3. The molecule has 0 fully saturated rings. The number of aromatic amines is 1. The van der Waals surface area contributed by atoms with Crippen LogP contribution in [0.1, 0.15) is 12.1 Å². The van der Waals surface area contributed by atoms with Crippen LogP contribution >= 0.6 is 0 Å². The van der Waals surface area contributed by atoms with E-state index in [0.29, 0.717) is 6.42 Å². The van der Waals surface area contributed by atoms with Crippen LogP contribution in [0.2, 0.25) is 0 Å². The van der Waals surface area contributed by atoms with Crippen molar-refractivity contribution in [3.8, 4) is 0 Å². The van der Waals surface area contributed by atoms with E-state index < -0.39 is 0 Å². The first-order valence-corrected chi connectivity index (χ1v) is 3.23. The average Bonchev–Trinajstić information content (AvgIpc) is 2.52. The van der Waals surface area contributed by atoms with Gasteiger partial charge in [-0.05, 0) is 6.42 Å². The van der Waals surface area contributed by atoms with E-state index in [4.69, 9.17) is 5.21 Å². The van der Waals surface area contributed by atoms with Gasteiger partial charge >= 0.3 is 0 Å². The zero-order chi connectivity index (χ0) is 8.10. The van der Waals surface area contributed by atoms with E-state index in [-0.39, 0.29) is 12.3 Å². The Morgan fingerprint density at radius 2 is 2.64 bits per heavy atom. The maximum atomic E-state index is 10.5. The Bertz CT molecular complexity index is 220. The molecule has 0 radical (unpaired) electrons. The van der Waals surface area contributed by atoms with Gasteiger partial charge in [-0.25, -0.2) is 10.5 Å². The summed E-state index contributed by atoms with van der Waals surface area (Å²) in [6, 6.07) is 0. The highest BCUT2D eigenvalue weighted by Crippen LogP contribution is 1.95. The van der Waals surface area contributed by atoms with Crippen LogP contribution in [0.4, 0.5) is 0 Å². The molecular weight excluding hydrogens is 146 g/mol. The van der Waals surface area contributed by atoms with Crippen molar-refractivity contribution in [3.05, 3.63) is 18.2 Å². The lowest BCUT2D eigenvalue weighted by molar-refractivity contribution is -0.129. The minimum atomic E-state index is -0.389. The van der Waals surface area contributed by atoms with Crippen molar-refractivity contribution in [3.63, 3.8) is 0 Å². The molecule has 1 rings (SSSR count). The summed E-state index contributed by atoms with van der Waals surface area (Å²) in [6.45, 7) is 0. The van der Waals surface area contributed by atoms with E-state index in [2.05, 4.69) is 9.97 Å². The van der Waals surface area contributed by atoms with Crippen LogP contribution in [0, 0.1) is 0 Å². The molecule has 0 aliphatic carbocycles. The van der Waals surface area contributed by atoms with Gasteiger partial charge < -0.3 is 4.98 Å². The number of hydrogen-bond donors (Lipinski definition) is 3. The Labute approximate surface area is 63.4 Å². The van der Waals surface area contributed by atoms with Gasteiger partial charge in [-0.1, -0.05) is 0 Å². The molecule has 5 heteroatoms. The molecule has 0 aliphatic rings. The number of aryl methyl sites for hydroxylation is 1. The van der Waals surface area contributed by atoms with Gasteiger partial charge in [0.1, 0.15) is 0 Å². The van der Waals surface area contributed by atoms with Crippen LogP contribution in [-0.4, -0.2) is 21.1 Å². The topological polar surface area (TPSA) is 78.0 Å². The smallest absolute Gasteiger partial charge is 0.243 e. The van der Waals surface area contributed by atoms with Crippen LogP contribution in [0.25, 0.3) is 0 Å². The highest BCUT2D eigenvalue weighted by molar-refractivity contribution is 5.74. The van der Waals surface area contributed by atoms with Crippen molar-refractivity contribution < 1.29 is 10.0 Å². The Morgan fingerprint density at radius 3 is 3.18 bits per heavy atom. The van der Waals surface area contributed by atoms with Gasteiger partial charge in [0.25, 0.3) is 0 Å². The molecule has 0 aromatic carbocycles. The lowest BCUT2D eigenvalue weighted by Crippen LogP contribution is -2.18. The predicted octanol–water partition coefficient (Wildman–Crippen LogP) is -0.152. The quantitative estimate of drug-likeness (QED) is 0.419. The molecule has 1 aromatic rings. The summed E-state index contributed by atoms with van der Waals surface area (Å²) in [5.74, 6) is -0.389. The standard InChI is InChI=1S/C6H9N3O2/c10-6(9-11)2-1-5-3-7-4-8-5/h3-4,11H,1-2H2,(H,7,8)(H,9,10). The van der Waals surface area contributed by atoms with Crippen molar-refractivity contribution in [1.29, 1.82) is 0 Å². The van der Waals surface area contributed by atoms with Gasteiger partial charge in [0.2, 0.25) is 5.91 Å². The number of aromatic nitrogens is 2. The molecule has 0 spiro atoms. The molecule has 0 saturated heterocycles. The van der Waals surface area contributed by atoms with Crippen LogP contribution < -0.4 is 5.48 Å². The Morgan fingerprint density at radius 1 is 1.82 bits per heavy atom. The number of rotatable bonds is 3. The maximum Gasteiger partial charge on any atom is 0.243 e. The van der Waals surface area contributed by atoms with Crippen molar-refractivity contribution in [1.82, 2.24) is 15.4 Å². The number of imidazole rings is 1. The molecule has 0 atom stereocenters. The molecule has 1 heterocycles. The van der Waals surface area contributed by atoms with Crippen LogP contribution in [0.3, 0.4) is 0 Å². The van der Waals surface area contributed by atoms with Crippen LogP contribution in [-0.2, 0) is 11.2 Å². The molecule has 0 saturated carbocycles. The van der Waals surface area contributed by atoms with Crippen LogP contribution in [0.15, 0.2) is 12.5 Å². The SMILES string of the molecule is O=C(CCc1cnc[nH]1)NO. The van der Waals surface area contributed by atoms with E-state index in [9.17, 15) is 4.79 Å². The highest BCUT2D eigenvalue weighted by atomic mass is 16.5. The predicted molar refractivity (Wildman–Crippen MR) is 36.8 cm³/mol. The van der Waals surface area contributed by atoms with Gasteiger partial charge in [0, 0.05) is 18.3 Å². The zero-order valence-electron chi connectivity index (χ0n) is 5.87. The second kappa shape index (κ2) is 3.72. The third-order valence-corrected chi connectivity index (χ3v) is 1.30.